The molecule has 0 aromatic heterocycles. The van der Waals surface area contributed by atoms with Gasteiger partial charge in [-0.3, -0.25) is 0 Å². The van der Waals surface area contributed by atoms with Crippen LogP contribution in [0.25, 0.3) is 0 Å². The molecule has 1 aromatic carbocycles. The van der Waals surface area contributed by atoms with Gasteiger partial charge in [0.2, 0.25) is 0 Å². The van der Waals surface area contributed by atoms with E-state index in [1.165, 1.54) is 12.5 Å². The Morgan fingerprint density at radius 2 is 2.04 bits per heavy atom. The van der Waals surface area contributed by atoms with Crippen LogP contribution in [0.4, 0.5) is 4.39 Å². The summed E-state index contributed by atoms with van der Waals surface area (Å²) >= 11 is 0. The van der Waals surface area contributed by atoms with Gasteiger partial charge in [-0.05, 0) is 38.2 Å². The first-order valence-corrected chi connectivity index (χ1v) is 9.17. The van der Waals surface area contributed by atoms with Crippen molar-refractivity contribution in [3.63, 3.8) is 0 Å². The van der Waals surface area contributed by atoms with Crippen LogP contribution in [-0.4, -0.2) is 31.0 Å². The van der Waals surface area contributed by atoms with E-state index < -0.39 is 0 Å². The summed E-state index contributed by atoms with van der Waals surface area (Å²) in [6.45, 7) is 3.10. The maximum atomic E-state index is 13.9. The van der Waals surface area contributed by atoms with Gasteiger partial charge in [0.1, 0.15) is 5.82 Å². The summed E-state index contributed by atoms with van der Waals surface area (Å²) in [5, 5.41) is 0. The highest BCUT2D eigenvalue weighted by molar-refractivity contribution is 5.16. The number of ether oxygens (including phenoxy) is 3. The molecule has 3 nitrogen and oxygen atoms in total. The Hall–Kier alpha value is -0.970. The van der Waals surface area contributed by atoms with Crippen LogP contribution in [0.15, 0.2) is 24.3 Å². The van der Waals surface area contributed by atoms with Crippen molar-refractivity contribution >= 4 is 0 Å². The van der Waals surface area contributed by atoms with E-state index in [2.05, 4.69) is 6.92 Å². The van der Waals surface area contributed by atoms with E-state index in [1.54, 1.807) is 19.2 Å². The summed E-state index contributed by atoms with van der Waals surface area (Å²) in [7, 11) is 1.73. The van der Waals surface area contributed by atoms with Crippen LogP contribution >= 0.6 is 0 Å². The molecule has 1 aliphatic carbocycles. The predicted octanol–water partition coefficient (Wildman–Crippen LogP) is 4.63. The summed E-state index contributed by atoms with van der Waals surface area (Å²) in [6, 6.07) is 6.84. The number of hydrogen-bond donors (Lipinski definition) is 0. The highest BCUT2D eigenvalue weighted by Gasteiger charge is 2.53. The summed E-state index contributed by atoms with van der Waals surface area (Å²) in [5.41, 5.74) is 0.207. The summed E-state index contributed by atoms with van der Waals surface area (Å²) in [6.07, 6.45) is 7.34. The van der Waals surface area contributed by atoms with Gasteiger partial charge < -0.3 is 14.2 Å². The van der Waals surface area contributed by atoms with Crippen molar-refractivity contribution in [3.8, 4) is 0 Å². The maximum Gasteiger partial charge on any atom is 0.128 e. The van der Waals surface area contributed by atoms with Crippen LogP contribution < -0.4 is 0 Å². The molecule has 1 saturated carbocycles. The minimum Gasteiger partial charge on any atom is -0.382 e. The Balaban J connectivity index is 1.71. The number of halogens is 1. The third-order valence-corrected chi connectivity index (χ3v) is 5.78. The topological polar surface area (TPSA) is 27.7 Å². The van der Waals surface area contributed by atoms with E-state index in [-0.39, 0.29) is 23.1 Å². The lowest BCUT2D eigenvalue weighted by Gasteiger charge is -2.43. The highest BCUT2D eigenvalue weighted by Crippen LogP contribution is 2.49. The number of methoxy groups -OCH3 is 1. The minimum atomic E-state index is -0.224. The molecule has 3 atom stereocenters. The van der Waals surface area contributed by atoms with E-state index in [9.17, 15) is 4.39 Å². The predicted molar refractivity (Wildman–Crippen MR) is 91.4 cm³/mol. The Morgan fingerprint density at radius 1 is 1.21 bits per heavy atom. The van der Waals surface area contributed by atoms with Crippen LogP contribution in [0.3, 0.4) is 0 Å². The van der Waals surface area contributed by atoms with Gasteiger partial charge >= 0.3 is 0 Å². The standard InChI is InChI=1S/C20H29FO3/c1-3-19(15-22-2)12-13-20(24-19)11-7-6-10-18(20)23-14-16-8-4-5-9-17(16)21/h4-5,8-9,18H,3,6-7,10-15H2,1-2H3. The Kier molecular flexibility index (Phi) is 5.58. The second-order valence-corrected chi connectivity index (χ2v) is 7.27. The lowest BCUT2D eigenvalue weighted by atomic mass is 9.80. The molecule has 3 rings (SSSR count). The molecular formula is C20H29FO3. The largest absolute Gasteiger partial charge is 0.382 e. The third kappa shape index (κ3) is 3.51. The average molecular weight is 336 g/mol. The zero-order valence-electron chi connectivity index (χ0n) is 14.9. The molecule has 0 amide bonds. The summed E-state index contributed by atoms with van der Waals surface area (Å²) in [5.74, 6) is -0.197. The van der Waals surface area contributed by atoms with E-state index in [4.69, 9.17) is 14.2 Å². The van der Waals surface area contributed by atoms with Gasteiger partial charge in [0.05, 0.1) is 30.5 Å². The zero-order chi connectivity index (χ0) is 17.0. The van der Waals surface area contributed by atoms with Crippen molar-refractivity contribution in [2.75, 3.05) is 13.7 Å². The Bertz CT molecular complexity index is 549. The van der Waals surface area contributed by atoms with Crippen LogP contribution in [0, 0.1) is 5.82 Å². The molecule has 134 valence electrons. The van der Waals surface area contributed by atoms with Crippen LogP contribution in [0.2, 0.25) is 0 Å². The fraction of sp³-hybridized carbons (Fsp3) is 0.700. The highest BCUT2D eigenvalue weighted by atomic mass is 19.1. The Labute approximate surface area is 144 Å². The third-order valence-electron chi connectivity index (χ3n) is 5.78. The fourth-order valence-electron chi connectivity index (χ4n) is 4.31. The molecule has 1 aromatic rings. The van der Waals surface area contributed by atoms with Crippen molar-refractivity contribution in [3.05, 3.63) is 35.6 Å². The maximum absolute atomic E-state index is 13.9. The molecule has 2 aliphatic rings. The zero-order valence-corrected chi connectivity index (χ0v) is 14.9. The molecule has 3 unspecified atom stereocenters. The van der Waals surface area contributed by atoms with E-state index in [0.717, 1.165) is 38.5 Å². The van der Waals surface area contributed by atoms with Crippen molar-refractivity contribution in [1.29, 1.82) is 0 Å². The molecule has 1 saturated heterocycles. The molecule has 0 radical (unpaired) electrons. The number of benzene rings is 1. The van der Waals surface area contributed by atoms with E-state index in [1.807, 2.05) is 6.07 Å². The van der Waals surface area contributed by atoms with E-state index in [0.29, 0.717) is 18.8 Å². The van der Waals surface area contributed by atoms with Crippen LogP contribution in [0.5, 0.6) is 0 Å². The molecule has 0 N–H and O–H groups in total. The molecule has 1 heterocycles. The quantitative estimate of drug-likeness (QED) is 0.758. The normalized spacial score (nSPS) is 33.2. The molecule has 4 heteroatoms. The molecule has 2 fully saturated rings. The van der Waals surface area contributed by atoms with Gasteiger partial charge in [-0.15, -0.1) is 0 Å². The first-order chi connectivity index (χ1) is 11.6. The van der Waals surface area contributed by atoms with Crippen molar-refractivity contribution in [1.82, 2.24) is 0 Å². The van der Waals surface area contributed by atoms with Crippen LogP contribution in [-0.2, 0) is 20.8 Å². The monoisotopic (exact) mass is 336 g/mol. The summed E-state index contributed by atoms with van der Waals surface area (Å²) < 4.78 is 32.1. The van der Waals surface area contributed by atoms with Crippen molar-refractivity contribution in [2.24, 2.45) is 0 Å². The van der Waals surface area contributed by atoms with Gasteiger partial charge in [0.15, 0.2) is 0 Å². The van der Waals surface area contributed by atoms with Crippen molar-refractivity contribution < 1.29 is 18.6 Å². The SMILES string of the molecule is CCC1(COC)CCC2(CCCCC2OCc2ccccc2F)O1. The molecule has 24 heavy (non-hydrogen) atoms. The second-order valence-electron chi connectivity index (χ2n) is 7.27. The van der Waals surface area contributed by atoms with Crippen LogP contribution in [0.1, 0.15) is 57.4 Å². The van der Waals surface area contributed by atoms with Gasteiger partial charge in [-0.2, -0.15) is 0 Å². The minimum absolute atomic E-state index is 0.0381. The first-order valence-electron chi connectivity index (χ1n) is 9.17. The number of hydrogen-bond acceptors (Lipinski definition) is 3. The average Bonchev–Trinajstić information content (AvgIpc) is 2.96. The molecule has 1 aliphatic heterocycles. The fourth-order valence-corrected chi connectivity index (χ4v) is 4.31. The Morgan fingerprint density at radius 3 is 2.79 bits per heavy atom. The van der Waals surface area contributed by atoms with E-state index >= 15 is 0 Å². The lowest BCUT2D eigenvalue weighted by molar-refractivity contribution is -0.201. The van der Waals surface area contributed by atoms with Gasteiger partial charge in [0, 0.05) is 12.7 Å². The smallest absolute Gasteiger partial charge is 0.128 e. The van der Waals surface area contributed by atoms with Crippen molar-refractivity contribution in [2.45, 2.75) is 75.8 Å². The molecule has 0 bridgehead atoms. The second kappa shape index (κ2) is 7.51. The van der Waals surface area contributed by atoms with Gasteiger partial charge in [-0.25, -0.2) is 4.39 Å². The van der Waals surface area contributed by atoms with Gasteiger partial charge in [0.25, 0.3) is 0 Å². The lowest BCUT2D eigenvalue weighted by Crippen LogP contribution is -2.49. The first kappa shape index (κ1) is 17.8. The molecular weight excluding hydrogens is 307 g/mol. The summed E-state index contributed by atoms with van der Waals surface area (Å²) in [4.78, 5) is 0. The molecule has 1 spiro atoms. The van der Waals surface area contributed by atoms with Gasteiger partial charge in [-0.1, -0.05) is 38.0 Å². The number of rotatable bonds is 6.